The second-order valence-corrected chi connectivity index (χ2v) is 8.10. The molecule has 0 aliphatic heterocycles. The minimum Gasteiger partial charge on any atom is -0.323 e. The second kappa shape index (κ2) is 7.42. The maximum absolute atomic E-state index is 12.2. The molecule has 8 heteroatoms. The van der Waals surface area contributed by atoms with Gasteiger partial charge >= 0.3 is 6.03 Å². The lowest BCUT2D eigenvalue weighted by atomic mass is 10.2. The molecule has 24 heavy (non-hydrogen) atoms. The van der Waals surface area contributed by atoms with E-state index in [0.29, 0.717) is 15.7 Å². The Morgan fingerprint density at radius 3 is 2.33 bits per heavy atom. The van der Waals surface area contributed by atoms with Crippen LogP contribution in [0.25, 0.3) is 0 Å². The van der Waals surface area contributed by atoms with Gasteiger partial charge in [0.2, 0.25) is 0 Å². The van der Waals surface area contributed by atoms with Crippen LogP contribution in [0, 0.1) is 0 Å². The van der Waals surface area contributed by atoms with E-state index in [1.54, 1.807) is 25.2 Å². The number of urea groups is 1. The molecule has 2 rings (SSSR count). The third-order valence-corrected chi connectivity index (χ3v) is 5.31. The Labute approximate surface area is 151 Å². The molecule has 0 atom stereocenters. The van der Waals surface area contributed by atoms with E-state index in [1.165, 1.54) is 29.2 Å². The number of benzene rings is 2. The molecule has 2 aromatic rings. The van der Waals surface area contributed by atoms with Gasteiger partial charge in [0, 0.05) is 25.5 Å². The minimum atomic E-state index is -3.26. The zero-order valence-corrected chi connectivity index (χ0v) is 15.4. The first kappa shape index (κ1) is 18.6. The number of nitrogens with one attached hydrogen (secondary N) is 1. The van der Waals surface area contributed by atoms with E-state index in [0.717, 1.165) is 11.8 Å². The predicted molar refractivity (Wildman–Crippen MR) is 96.5 cm³/mol. The number of nitrogens with zero attached hydrogens (tertiary/aromatic N) is 1. The van der Waals surface area contributed by atoms with Gasteiger partial charge in [-0.1, -0.05) is 35.3 Å². The molecule has 0 spiro atoms. The van der Waals surface area contributed by atoms with Crippen molar-refractivity contribution >= 4 is 44.8 Å². The first-order valence-electron chi connectivity index (χ1n) is 6.93. The van der Waals surface area contributed by atoms with Crippen molar-refractivity contribution in [3.8, 4) is 0 Å². The van der Waals surface area contributed by atoms with Crippen LogP contribution in [0.15, 0.2) is 47.4 Å². The van der Waals surface area contributed by atoms with Gasteiger partial charge in [-0.05, 0) is 35.9 Å². The first-order chi connectivity index (χ1) is 11.2. The summed E-state index contributed by atoms with van der Waals surface area (Å²) >= 11 is 12.1. The summed E-state index contributed by atoms with van der Waals surface area (Å²) in [6, 6.07) is 10.8. The van der Waals surface area contributed by atoms with Gasteiger partial charge in [0.15, 0.2) is 9.84 Å². The fourth-order valence-electron chi connectivity index (χ4n) is 2.00. The van der Waals surface area contributed by atoms with Gasteiger partial charge < -0.3 is 10.2 Å². The number of amides is 2. The summed E-state index contributed by atoms with van der Waals surface area (Å²) in [5.74, 6) is 0. The standard InChI is InChI=1S/C16H16Cl2N2O3S/c1-20(10-11-4-3-5-14(17)15(11)18)16(21)19-12-6-8-13(9-7-12)24(2,22)23/h3-9H,10H2,1-2H3,(H,19,21). The van der Waals surface area contributed by atoms with Gasteiger partial charge in [-0.25, -0.2) is 13.2 Å². The zero-order valence-electron chi connectivity index (χ0n) is 13.1. The summed E-state index contributed by atoms with van der Waals surface area (Å²) in [5.41, 5.74) is 1.23. The van der Waals surface area contributed by atoms with Gasteiger partial charge in [-0.3, -0.25) is 0 Å². The molecule has 0 aliphatic rings. The van der Waals surface area contributed by atoms with Crippen LogP contribution in [0.2, 0.25) is 10.0 Å². The maximum Gasteiger partial charge on any atom is 0.321 e. The average molecular weight is 387 g/mol. The van der Waals surface area contributed by atoms with Crippen LogP contribution in [-0.4, -0.2) is 32.7 Å². The molecule has 0 radical (unpaired) electrons. The van der Waals surface area contributed by atoms with Gasteiger partial charge in [0.05, 0.1) is 14.9 Å². The number of carbonyl (C=O) groups excluding carboxylic acids is 1. The van der Waals surface area contributed by atoms with E-state index in [2.05, 4.69) is 5.32 Å². The van der Waals surface area contributed by atoms with E-state index >= 15 is 0 Å². The molecule has 5 nitrogen and oxygen atoms in total. The molecule has 0 aliphatic carbocycles. The number of rotatable bonds is 4. The molecular formula is C16H16Cl2N2O3S. The van der Waals surface area contributed by atoms with Crippen molar-refractivity contribution in [1.29, 1.82) is 0 Å². The smallest absolute Gasteiger partial charge is 0.321 e. The minimum absolute atomic E-state index is 0.194. The van der Waals surface area contributed by atoms with Crippen LogP contribution in [0.4, 0.5) is 10.5 Å². The maximum atomic E-state index is 12.2. The third kappa shape index (κ3) is 4.63. The lowest BCUT2D eigenvalue weighted by molar-refractivity contribution is 0.220. The predicted octanol–water partition coefficient (Wildman–Crippen LogP) is 4.06. The number of anilines is 1. The zero-order chi connectivity index (χ0) is 17.9. The van der Waals surface area contributed by atoms with E-state index in [-0.39, 0.29) is 17.5 Å². The van der Waals surface area contributed by atoms with Crippen molar-refractivity contribution in [2.75, 3.05) is 18.6 Å². The van der Waals surface area contributed by atoms with Crippen LogP contribution in [0.3, 0.4) is 0 Å². The van der Waals surface area contributed by atoms with Gasteiger partial charge in [0.25, 0.3) is 0 Å². The topological polar surface area (TPSA) is 66.5 Å². The van der Waals surface area contributed by atoms with Crippen LogP contribution in [-0.2, 0) is 16.4 Å². The van der Waals surface area contributed by atoms with E-state index in [1.807, 2.05) is 0 Å². The lowest BCUT2D eigenvalue weighted by Gasteiger charge is -2.19. The molecule has 0 heterocycles. The summed E-state index contributed by atoms with van der Waals surface area (Å²) < 4.78 is 22.8. The van der Waals surface area contributed by atoms with Crippen LogP contribution < -0.4 is 5.32 Å². The van der Waals surface area contributed by atoms with Gasteiger partial charge in [-0.2, -0.15) is 0 Å². The number of hydrogen-bond donors (Lipinski definition) is 1. The third-order valence-electron chi connectivity index (χ3n) is 3.32. The van der Waals surface area contributed by atoms with Crippen LogP contribution in [0.1, 0.15) is 5.56 Å². The Hall–Kier alpha value is -1.76. The van der Waals surface area contributed by atoms with Crippen molar-refractivity contribution in [1.82, 2.24) is 4.90 Å². The molecule has 0 fully saturated rings. The molecule has 2 amide bonds. The summed E-state index contributed by atoms with van der Waals surface area (Å²) in [5, 5.41) is 3.53. The van der Waals surface area contributed by atoms with Crippen LogP contribution >= 0.6 is 23.2 Å². The summed E-state index contributed by atoms with van der Waals surface area (Å²) in [4.78, 5) is 13.9. The highest BCUT2D eigenvalue weighted by Gasteiger charge is 2.13. The van der Waals surface area contributed by atoms with Gasteiger partial charge in [0.1, 0.15) is 0 Å². The molecule has 0 saturated heterocycles. The molecule has 0 aromatic heterocycles. The van der Waals surface area contributed by atoms with Crippen LogP contribution in [0.5, 0.6) is 0 Å². The number of sulfone groups is 1. The molecule has 0 saturated carbocycles. The lowest BCUT2D eigenvalue weighted by Crippen LogP contribution is -2.30. The highest BCUT2D eigenvalue weighted by atomic mass is 35.5. The second-order valence-electron chi connectivity index (χ2n) is 5.30. The highest BCUT2D eigenvalue weighted by molar-refractivity contribution is 7.90. The summed E-state index contributed by atoms with van der Waals surface area (Å²) in [6.45, 7) is 0.284. The SMILES string of the molecule is CN(Cc1cccc(Cl)c1Cl)C(=O)Nc1ccc(S(C)(=O)=O)cc1. The molecule has 128 valence electrons. The highest BCUT2D eigenvalue weighted by Crippen LogP contribution is 2.26. The summed E-state index contributed by atoms with van der Waals surface area (Å²) in [6.07, 6.45) is 1.13. The molecule has 1 N–H and O–H groups in total. The number of hydrogen-bond acceptors (Lipinski definition) is 3. The molecule has 0 bridgehead atoms. The Bertz CT molecular complexity index is 852. The van der Waals surface area contributed by atoms with E-state index in [4.69, 9.17) is 23.2 Å². The number of halogens is 2. The van der Waals surface area contributed by atoms with Crippen molar-refractivity contribution in [2.24, 2.45) is 0 Å². The molecule has 0 unspecified atom stereocenters. The van der Waals surface area contributed by atoms with Crippen molar-refractivity contribution in [3.63, 3.8) is 0 Å². The Morgan fingerprint density at radius 2 is 1.75 bits per heavy atom. The number of carbonyl (C=O) groups is 1. The Balaban J connectivity index is 2.05. The van der Waals surface area contributed by atoms with E-state index < -0.39 is 9.84 Å². The Morgan fingerprint density at radius 1 is 1.12 bits per heavy atom. The quantitative estimate of drug-likeness (QED) is 0.861. The average Bonchev–Trinajstić information content (AvgIpc) is 2.51. The van der Waals surface area contributed by atoms with Crippen molar-refractivity contribution in [3.05, 3.63) is 58.1 Å². The first-order valence-corrected chi connectivity index (χ1v) is 9.58. The molecule has 2 aromatic carbocycles. The van der Waals surface area contributed by atoms with E-state index in [9.17, 15) is 13.2 Å². The fourth-order valence-corrected chi connectivity index (χ4v) is 3.01. The fraction of sp³-hybridized carbons (Fsp3) is 0.188. The van der Waals surface area contributed by atoms with Gasteiger partial charge in [-0.15, -0.1) is 0 Å². The molecular weight excluding hydrogens is 371 g/mol. The largest absolute Gasteiger partial charge is 0.323 e. The van der Waals surface area contributed by atoms with Crippen molar-refractivity contribution < 1.29 is 13.2 Å². The Kier molecular flexibility index (Phi) is 5.74. The summed E-state index contributed by atoms with van der Waals surface area (Å²) in [7, 11) is -1.64. The normalized spacial score (nSPS) is 11.2. The monoisotopic (exact) mass is 386 g/mol. The van der Waals surface area contributed by atoms with Crippen molar-refractivity contribution in [2.45, 2.75) is 11.4 Å².